The van der Waals surface area contributed by atoms with Gasteiger partial charge in [-0.1, -0.05) is 59.2 Å². The predicted octanol–water partition coefficient (Wildman–Crippen LogP) is 8.53. The first-order chi connectivity index (χ1) is 19.4. The monoisotopic (exact) mass is 645 g/mol. The Morgan fingerprint density at radius 1 is 0.976 bits per heavy atom. The van der Waals surface area contributed by atoms with Crippen molar-refractivity contribution in [2.75, 3.05) is 0 Å². The Kier molecular flexibility index (Phi) is 8.76. The minimum atomic E-state index is -6.08. The Bertz CT molecular complexity index is 1640. The first kappa shape index (κ1) is 32.2. The number of benzene rings is 2. The van der Waals surface area contributed by atoms with Crippen molar-refractivity contribution in [1.82, 2.24) is 4.98 Å². The molecule has 0 saturated heterocycles. The molecule has 0 spiro atoms. The molecule has 0 amide bonds. The predicted molar refractivity (Wildman–Crippen MR) is 156 cm³/mol. The number of fused-ring (bicyclic) bond motifs is 2. The minimum Gasteiger partial charge on any atom is -0.541 e. The second kappa shape index (κ2) is 11.4. The highest BCUT2D eigenvalue weighted by Gasteiger charge is 2.51. The highest BCUT2D eigenvalue weighted by Crippen LogP contribution is 2.50. The Labute approximate surface area is 248 Å². The fourth-order valence-electron chi connectivity index (χ4n) is 6.15. The van der Waals surface area contributed by atoms with Crippen molar-refractivity contribution in [3.63, 3.8) is 0 Å². The van der Waals surface area contributed by atoms with Crippen LogP contribution in [0.1, 0.15) is 75.0 Å². The van der Waals surface area contributed by atoms with E-state index < -0.39 is 35.5 Å². The molecule has 1 aliphatic rings. The van der Waals surface area contributed by atoms with Crippen LogP contribution in [0, 0.1) is 5.82 Å². The van der Waals surface area contributed by atoms with Crippen LogP contribution in [0.3, 0.4) is 0 Å². The zero-order valence-electron chi connectivity index (χ0n) is 24.0. The van der Waals surface area contributed by atoms with Crippen molar-refractivity contribution >= 4 is 46.7 Å². The highest BCUT2D eigenvalue weighted by atomic mass is 35.5. The summed E-state index contributed by atoms with van der Waals surface area (Å²) in [4.78, 5) is 17.8. The molecule has 6 nitrogen and oxygen atoms in total. The molecule has 13 heteroatoms. The number of halogens is 5. The Balaban J connectivity index is 2.04. The minimum absolute atomic E-state index is 0.0132. The summed E-state index contributed by atoms with van der Waals surface area (Å²) in [5.41, 5.74) is -4.29. The Morgan fingerprint density at radius 2 is 1.60 bits per heavy atom. The smallest absolute Gasteiger partial charge is 0.534 e. The molecule has 0 saturated carbocycles. The number of hydrogen-bond acceptors (Lipinski definition) is 6. The fraction of sp³-hybridized carbons (Fsp3) is 0.448. The number of nitrogens with zero attached hydrogens (tertiary/aromatic N) is 1. The van der Waals surface area contributed by atoms with Crippen LogP contribution < -0.4 is 8.61 Å². The van der Waals surface area contributed by atoms with Crippen molar-refractivity contribution in [1.29, 1.82) is 0 Å². The van der Waals surface area contributed by atoms with E-state index in [2.05, 4.69) is 4.98 Å². The lowest BCUT2D eigenvalue weighted by Crippen LogP contribution is -2.51. The van der Waals surface area contributed by atoms with E-state index in [4.69, 9.17) is 20.2 Å². The van der Waals surface area contributed by atoms with Crippen LogP contribution in [0.5, 0.6) is 11.5 Å². The van der Waals surface area contributed by atoms with Crippen molar-refractivity contribution in [2.45, 2.75) is 82.9 Å². The number of alkyl halides is 3. The van der Waals surface area contributed by atoms with Gasteiger partial charge in [0.2, 0.25) is 0 Å². The first-order valence-corrected chi connectivity index (χ1v) is 17.5. The third kappa shape index (κ3) is 5.65. The molecule has 2 aromatic carbocycles. The normalized spacial score (nSPS) is 14.4. The lowest BCUT2D eigenvalue weighted by Gasteiger charge is -2.42. The maximum Gasteiger partial charge on any atom is 0.534 e. The van der Waals surface area contributed by atoms with Crippen LogP contribution in [0.2, 0.25) is 21.6 Å². The highest BCUT2D eigenvalue weighted by molar-refractivity contribution is 7.88. The van der Waals surface area contributed by atoms with Crippen molar-refractivity contribution in [3.8, 4) is 11.5 Å². The molecule has 1 aromatic heterocycles. The molecule has 42 heavy (non-hydrogen) atoms. The molecule has 3 aromatic rings. The largest absolute Gasteiger partial charge is 0.541 e. The summed E-state index contributed by atoms with van der Waals surface area (Å²) in [6.07, 6.45) is 1.54. The van der Waals surface area contributed by atoms with Crippen LogP contribution in [0.15, 0.2) is 30.5 Å². The summed E-state index contributed by atoms with van der Waals surface area (Å²) < 4.78 is 90.4. The van der Waals surface area contributed by atoms with E-state index in [9.17, 15) is 30.8 Å². The van der Waals surface area contributed by atoms with E-state index in [0.29, 0.717) is 11.1 Å². The van der Waals surface area contributed by atoms with E-state index >= 15 is 0 Å². The number of hydrogen-bond donors (Lipinski definition) is 0. The molecule has 0 radical (unpaired) electrons. The fourth-order valence-corrected chi connectivity index (χ4v) is 12.1. The van der Waals surface area contributed by atoms with Gasteiger partial charge in [0.15, 0.2) is 11.5 Å². The molecule has 1 aliphatic carbocycles. The van der Waals surface area contributed by atoms with Gasteiger partial charge in [0.25, 0.3) is 8.32 Å². The van der Waals surface area contributed by atoms with Gasteiger partial charge in [-0.25, -0.2) is 4.39 Å². The summed E-state index contributed by atoms with van der Waals surface area (Å²) in [5, 5.41) is -0.137. The van der Waals surface area contributed by atoms with E-state index in [0.717, 1.165) is 0 Å². The third-order valence-electron chi connectivity index (χ3n) is 7.94. The second-order valence-electron chi connectivity index (χ2n) is 11.5. The van der Waals surface area contributed by atoms with Gasteiger partial charge >= 0.3 is 15.6 Å². The number of carbonyl (C=O) groups excluding carboxylic acids is 1. The van der Waals surface area contributed by atoms with Gasteiger partial charge in [-0.05, 0) is 58.8 Å². The molecule has 228 valence electrons. The molecule has 0 bridgehead atoms. The molecule has 0 fully saturated rings. The molecule has 1 heterocycles. The van der Waals surface area contributed by atoms with E-state index in [1.54, 1.807) is 0 Å². The van der Waals surface area contributed by atoms with Gasteiger partial charge in [-0.2, -0.15) is 21.6 Å². The molecule has 0 unspecified atom stereocenters. The number of pyridine rings is 1. The number of Topliss-reactive ketones (excluding diaryl/α,β-unsaturated/α-hetero) is 1. The summed E-state index contributed by atoms with van der Waals surface area (Å²) in [5.74, 6) is -1.44. The van der Waals surface area contributed by atoms with Gasteiger partial charge in [0, 0.05) is 23.6 Å². The Hall–Kier alpha value is -2.70. The topological polar surface area (TPSA) is 82.6 Å². The second-order valence-corrected chi connectivity index (χ2v) is 18.8. The van der Waals surface area contributed by atoms with E-state index in [-0.39, 0.29) is 74.5 Å². The van der Waals surface area contributed by atoms with Gasteiger partial charge in [0.1, 0.15) is 17.1 Å². The van der Waals surface area contributed by atoms with Crippen LogP contribution in [0.25, 0.3) is 10.9 Å². The lowest BCUT2D eigenvalue weighted by molar-refractivity contribution is -0.0499. The Morgan fingerprint density at radius 3 is 2.14 bits per heavy atom. The third-order valence-corrected chi connectivity index (χ3v) is 15.2. The van der Waals surface area contributed by atoms with Crippen molar-refractivity contribution < 1.29 is 39.4 Å². The number of carbonyl (C=O) groups is 1. The van der Waals surface area contributed by atoms with Crippen molar-refractivity contribution in [2.24, 2.45) is 0 Å². The zero-order valence-corrected chi connectivity index (χ0v) is 26.6. The summed E-state index contributed by atoms with van der Waals surface area (Å²) in [6, 6.07) is 5.58. The number of aromatic nitrogens is 1. The average Bonchev–Trinajstić information content (AvgIpc) is 3.26. The van der Waals surface area contributed by atoms with Gasteiger partial charge < -0.3 is 8.61 Å². The van der Waals surface area contributed by atoms with E-state index in [1.807, 2.05) is 41.5 Å². The molecular weight excluding hydrogens is 614 g/mol. The van der Waals surface area contributed by atoms with Crippen LogP contribution in [-0.4, -0.2) is 33.0 Å². The van der Waals surface area contributed by atoms with Gasteiger partial charge in [-0.15, -0.1) is 0 Å². The van der Waals surface area contributed by atoms with E-state index in [1.165, 1.54) is 30.5 Å². The SMILES string of the molecule is CC(C)[Si](Oc1c2c(c(OS(=O)(=O)C(F)(F)F)c3cc(Cc4ccc(F)c(Cl)c4)cnc13)CCC2=O)(C(C)C)C(C)C. The molecule has 0 aliphatic heterocycles. The summed E-state index contributed by atoms with van der Waals surface area (Å²) >= 11 is 5.92. The number of ketones is 1. The number of rotatable bonds is 9. The molecule has 0 N–H and O–H groups in total. The summed E-state index contributed by atoms with van der Waals surface area (Å²) in [6.45, 7) is 12.3. The van der Waals surface area contributed by atoms with Crippen LogP contribution in [0.4, 0.5) is 17.6 Å². The molecular formula is C29H32ClF4NO5SSi. The van der Waals surface area contributed by atoms with Gasteiger partial charge in [0.05, 0.1) is 10.6 Å². The van der Waals surface area contributed by atoms with Crippen LogP contribution in [-0.2, 0) is 23.0 Å². The van der Waals surface area contributed by atoms with Crippen LogP contribution >= 0.6 is 11.6 Å². The van der Waals surface area contributed by atoms with Gasteiger partial charge in [-0.3, -0.25) is 9.78 Å². The molecule has 0 atom stereocenters. The summed E-state index contributed by atoms with van der Waals surface area (Å²) in [7, 11) is -8.80. The maximum atomic E-state index is 13.7. The maximum absolute atomic E-state index is 13.7. The van der Waals surface area contributed by atoms with Crippen molar-refractivity contribution in [3.05, 3.63) is 63.6 Å². The molecule has 4 rings (SSSR count). The first-order valence-electron chi connectivity index (χ1n) is 13.5. The average molecular weight is 646 g/mol. The quantitative estimate of drug-likeness (QED) is 0.100. The standard InChI is InChI=1S/C29H32ClF4NO5SSi/c1-15(2)42(16(3)4,17(5)6)40-28-25-20(8-10-24(25)36)27(39-41(37,38)29(32,33)34)21-12-19(14-35-26(21)28)11-18-7-9-23(31)22(30)13-18/h7,9,12-17H,8,10-11H2,1-6H3. The lowest BCUT2D eigenvalue weighted by atomic mass is 9.99. The zero-order chi connectivity index (χ0) is 31.4.